The zero-order valence-electron chi connectivity index (χ0n) is 14.7. The van der Waals surface area contributed by atoms with Crippen LogP contribution in [0.25, 0.3) is 0 Å². The molecule has 4 bridgehead atoms. The summed E-state index contributed by atoms with van der Waals surface area (Å²) in [4.78, 5) is 2.44. The first kappa shape index (κ1) is 15.4. The third-order valence-electron chi connectivity index (χ3n) is 7.54. The number of nitrogens with zero attached hydrogens (tertiary/aromatic N) is 2. The SMILES string of the molecule is CO[C@@]12C=C[C@@]3(S[C@H]1C#N)[C@H]1Cc4ccc(O)c5c4[C@@]3(CCN1C)[C@H]2O5. The highest BCUT2D eigenvalue weighted by molar-refractivity contribution is 8.02. The van der Waals surface area contributed by atoms with Crippen LogP contribution >= 0.6 is 11.8 Å². The van der Waals surface area contributed by atoms with Crippen molar-refractivity contribution < 1.29 is 14.6 Å². The van der Waals surface area contributed by atoms with E-state index in [0.29, 0.717) is 11.8 Å². The summed E-state index contributed by atoms with van der Waals surface area (Å²) in [5, 5.41) is 20.2. The molecular formula is C20H20N2O3S. The van der Waals surface area contributed by atoms with Gasteiger partial charge in [-0.3, -0.25) is 0 Å². The van der Waals surface area contributed by atoms with Gasteiger partial charge in [-0.25, -0.2) is 0 Å². The number of piperidine rings is 1. The highest BCUT2D eigenvalue weighted by atomic mass is 32.2. The summed E-state index contributed by atoms with van der Waals surface area (Å²) in [6.07, 6.45) is 5.95. The Labute approximate surface area is 156 Å². The van der Waals surface area contributed by atoms with Crippen molar-refractivity contribution in [2.24, 2.45) is 0 Å². The number of likely N-dealkylation sites (tertiary alicyclic amines) is 1. The Bertz CT molecular complexity index is 926. The number of thioether (sulfide) groups is 1. The van der Waals surface area contributed by atoms with E-state index < -0.39 is 5.60 Å². The molecule has 6 aliphatic rings. The fraction of sp³-hybridized carbons (Fsp3) is 0.550. The number of aromatic hydroxyl groups is 1. The first-order chi connectivity index (χ1) is 12.5. The van der Waals surface area contributed by atoms with Crippen molar-refractivity contribution >= 4 is 11.8 Å². The second-order valence-corrected chi connectivity index (χ2v) is 9.56. The van der Waals surface area contributed by atoms with Crippen LogP contribution in [0.15, 0.2) is 24.3 Å². The minimum atomic E-state index is -0.790. The summed E-state index contributed by atoms with van der Waals surface area (Å²) in [7, 11) is 3.86. The molecule has 0 radical (unpaired) electrons. The van der Waals surface area contributed by atoms with E-state index in [0.717, 1.165) is 19.4 Å². The fourth-order valence-corrected chi connectivity index (χ4v) is 8.48. The van der Waals surface area contributed by atoms with Crippen molar-refractivity contribution in [2.45, 2.75) is 46.0 Å². The second kappa shape index (κ2) is 4.41. The van der Waals surface area contributed by atoms with E-state index in [1.54, 1.807) is 24.9 Å². The summed E-state index contributed by atoms with van der Waals surface area (Å²) < 4.78 is 12.3. The largest absolute Gasteiger partial charge is 0.504 e. The summed E-state index contributed by atoms with van der Waals surface area (Å²) in [6, 6.07) is 6.59. The van der Waals surface area contributed by atoms with Crippen LogP contribution < -0.4 is 4.74 Å². The van der Waals surface area contributed by atoms with Crippen molar-refractivity contribution in [1.29, 1.82) is 5.26 Å². The third kappa shape index (κ3) is 1.27. The van der Waals surface area contributed by atoms with Gasteiger partial charge in [0, 0.05) is 18.7 Å². The smallest absolute Gasteiger partial charge is 0.165 e. The minimum absolute atomic E-state index is 0.198. The number of nitriles is 1. The molecule has 0 amide bonds. The quantitative estimate of drug-likeness (QED) is 0.765. The van der Waals surface area contributed by atoms with Crippen LogP contribution in [0.4, 0.5) is 0 Å². The Hall–Kier alpha value is -1.68. The first-order valence-corrected chi connectivity index (χ1v) is 9.97. The van der Waals surface area contributed by atoms with Crippen LogP contribution in [-0.2, 0) is 16.6 Å². The molecule has 1 aromatic carbocycles. The fourth-order valence-electron chi connectivity index (χ4n) is 6.46. The van der Waals surface area contributed by atoms with Gasteiger partial charge in [-0.05, 0) is 44.1 Å². The molecule has 26 heavy (non-hydrogen) atoms. The van der Waals surface area contributed by atoms with E-state index in [9.17, 15) is 10.4 Å². The molecule has 2 fully saturated rings. The lowest BCUT2D eigenvalue weighted by atomic mass is 9.50. The molecule has 134 valence electrons. The van der Waals surface area contributed by atoms with Gasteiger partial charge in [-0.15, -0.1) is 11.8 Å². The predicted octanol–water partition coefficient (Wildman–Crippen LogP) is 1.98. The number of benzene rings is 1. The van der Waals surface area contributed by atoms with Gasteiger partial charge in [-0.2, -0.15) is 5.26 Å². The predicted molar refractivity (Wildman–Crippen MR) is 97.5 cm³/mol. The summed E-state index contributed by atoms with van der Waals surface area (Å²) in [5.74, 6) is 0.813. The van der Waals surface area contributed by atoms with E-state index in [-0.39, 0.29) is 27.3 Å². The highest BCUT2D eigenvalue weighted by Crippen LogP contribution is 2.73. The third-order valence-corrected chi connectivity index (χ3v) is 9.42. The normalized spacial score (nSPS) is 46.6. The van der Waals surface area contributed by atoms with E-state index >= 15 is 0 Å². The maximum atomic E-state index is 10.6. The Morgan fingerprint density at radius 3 is 3.04 bits per heavy atom. The van der Waals surface area contributed by atoms with Gasteiger partial charge in [0.1, 0.15) is 17.0 Å². The van der Waals surface area contributed by atoms with Crippen LogP contribution in [0.1, 0.15) is 17.5 Å². The summed E-state index contributed by atoms with van der Waals surface area (Å²) in [6.45, 7) is 0.978. The van der Waals surface area contributed by atoms with Crippen LogP contribution in [0, 0.1) is 11.3 Å². The standard InChI is InChI=1S/C20H20N2O3S/c1-22-8-7-18-15-11-3-4-12(23)16(15)25-17(18)19(24-2)5-6-20(18,13(22)9-11)26-14(19)10-21/h3-6,13-14,17,23H,7-9H2,1-2H3/t13-,14+,17-,18+,19+,20-/m1/s1. The molecule has 4 aliphatic heterocycles. The molecule has 4 heterocycles. The molecule has 2 saturated heterocycles. The van der Waals surface area contributed by atoms with Crippen molar-refractivity contribution in [3.05, 3.63) is 35.4 Å². The van der Waals surface area contributed by atoms with Gasteiger partial charge < -0.3 is 19.5 Å². The number of ether oxygens (including phenoxy) is 2. The van der Waals surface area contributed by atoms with Crippen LogP contribution in [-0.4, -0.2) is 58.5 Å². The van der Waals surface area contributed by atoms with Crippen LogP contribution in [0.2, 0.25) is 0 Å². The summed E-state index contributed by atoms with van der Waals surface area (Å²) >= 11 is 1.75. The number of phenolic OH excluding ortho intramolecular Hbond substituents is 1. The zero-order chi connectivity index (χ0) is 17.9. The molecule has 2 spiro atoms. The number of likely N-dealkylation sites (N-methyl/N-ethyl adjacent to an activating group) is 1. The van der Waals surface area contributed by atoms with Gasteiger partial charge >= 0.3 is 0 Å². The zero-order valence-corrected chi connectivity index (χ0v) is 15.5. The van der Waals surface area contributed by atoms with Gasteiger partial charge in [0.2, 0.25) is 0 Å². The van der Waals surface area contributed by atoms with Crippen molar-refractivity contribution in [1.82, 2.24) is 4.90 Å². The van der Waals surface area contributed by atoms with Gasteiger partial charge in [0.25, 0.3) is 0 Å². The number of rotatable bonds is 1. The Morgan fingerprint density at radius 2 is 2.27 bits per heavy atom. The Morgan fingerprint density at radius 1 is 1.42 bits per heavy atom. The molecule has 2 aliphatic carbocycles. The molecule has 0 aromatic heterocycles. The highest BCUT2D eigenvalue weighted by Gasteiger charge is 2.80. The molecule has 1 aromatic rings. The van der Waals surface area contributed by atoms with Crippen molar-refractivity contribution in [3.8, 4) is 17.6 Å². The van der Waals surface area contributed by atoms with Crippen molar-refractivity contribution in [2.75, 3.05) is 20.7 Å². The minimum Gasteiger partial charge on any atom is -0.504 e. The molecule has 0 saturated carbocycles. The number of fused-ring (bicyclic) bond motifs is 1. The van der Waals surface area contributed by atoms with Gasteiger partial charge in [-0.1, -0.05) is 12.1 Å². The average molecular weight is 368 g/mol. The Kier molecular flexibility index (Phi) is 2.61. The van der Waals surface area contributed by atoms with E-state index in [4.69, 9.17) is 9.47 Å². The molecule has 7 rings (SSSR count). The van der Waals surface area contributed by atoms with Crippen LogP contribution in [0.3, 0.4) is 0 Å². The maximum absolute atomic E-state index is 10.6. The number of phenols is 1. The molecule has 0 unspecified atom stereocenters. The Balaban J connectivity index is 1.75. The number of hydrogen-bond acceptors (Lipinski definition) is 6. The molecule has 1 N–H and O–H groups in total. The van der Waals surface area contributed by atoms with E-state index in [2.05, 4.69) is 36.2 Å². The van der Waals surface area contributed by atoms with Gasteiger partial charge in [0.05, 0.1) is 16.2 Å². The molecule has 6 atom stereocenters. The number of hydrogen-bond donors (Lipinski definition) is 1. The molecule has 6 heteroatoms. The van der Waals surface area contributed by atoms with Crippen molar-refractivity contribution in [3.63, 3.8) is 0 Å². The first-order valence-electron chi connectivity index (χ1n) is 9.09. The van der Waals surface area contributed by atoms with E-state index in [1.807, 2.05) is 0 Å². The maximum Gasteiger partial charge on any atom is 0.165 e. The van der Waals surface area contributed by atoms with Gasteiger partial charge in [0.15, 0.2) is 11.5 Å². The molecular weight excluding hydrogens is 348 g/mol. The molecule has 5 nitrogen and oxygen atoms in total. The average Bonchev–Trinajstić information content (AvgIpc) is 3.03. The lowest BCUT2D eigenvalue weighted by molar-refractivity contribution is -0.112. The summed E-state index contributed by atoms with van der Waals surface area (Å²) in [5.41, 5.74) is 1.39. The lowest BCUT2D eigenvalue weighted by Gasteiger charge is -2.69. The van der Waals surface area contributed by atoms with E-state index in [1.165, 1.54) is 11.1 Å². The lowest BCUT2D eigenvalue weighted by Crippen LogP contribution is -2.81. The number of methoxy groups -OCH3 is 1. The topological polar surface area (TPSA) is 65.7 Å². The monoisotopic (exact) mass is 368 g/mol. The second-order valence-electron chi connectivity index (χ2n) is 8.18. The van der Waals surface area contributed by atoms with Crippen LogP contribution in [0.5, 0.6) is 11.5 Å².